The summed E-state index contributed by atoms with van der Waals surface area (Å²) in [7, 11) is 0. The summed E-state index contributed by atoms with van der Waals surface area (Å²) < 4.78 is 2.14. The van der Waals surface area contributed by atoms with Crippen LogP contribution < -0.4 is 5.32 Å². The Balaban J connectivity index is 1.74. The number of nitrogens with one attached hydrogen (secondary N) is 1. The molecule has 0 bridgehead atoms. The van der Waals surface area contributed by atoms with Crippen molar-refractivity contribution in [1.29, 1.82) is 0 Å². The Morgan fingerprint density at radius 1 is 1.38 bits per heavy atom. The molecule has 0 amide bonds. The maximum absolute atomic E-state index is 4.11. The molecule has 2 unspecified atom stereocenters. The third kappa shape index (κ3) is 3.03. The van der Waals surface area contributed by atoms with Gasteiger partial charge in [-0.15, -0.1) is 0 Å². The van der Waals surface area contributed by atoms with Crippen LogP contribution in [0.4, 0.5) is 0 Å². The minimum absolute atomic E-state index is 0.294. The third-order valence-corrected chi connectivity index (χ3v) is 4.65. The van der Waals surface area contributed by atoms with Gasteiger partial charge in [-0.2, -0.15) is 0 Å². The van der Waals surface area contributed by atoms with E-state index in [4.69, 9.17) is 0 Å². The summed E-state index contributed by atoms with van der Waals surface area (Å²) in [5.41, 5.74) is 3.28. The zero-order valence-corrected chi connectivity index (χ0v) is 13.2. The van der Waals surface area contributed by atoms with E-state index in [2.05, 4.69) is 59.9 Å². The molecule has 1 N–H and O–H groups in total. The molecule has 2 aromatic rings. The molecule has 3 heteroatoms. The first-order valence-corrected chi connectivity index (χ1v) is 7.87. The fourth-order valence-electron chi connectivity index (χ4n) is 3.49. The molecule has 0 radical (unpaired) electrons. The van der Waals surface area contributed by atoms with E-state index in [0.29, 0.717) is 17.5 Å². The Hall–Kier alpha value is -1.61. The zero-order valence-electron chi connectivity index (χ0n) is 13.2. The number of hydrogen-bond donors (Lipinski definition) is 1. The molecule has 1 aromatic carbocycles. The van der Waals surface area contributed by atoms with E-state index in [-0.39, 0.29) is 0 Å². The van der Waals surface area contributed by atoms with E-state index < -0.39 is 0 Å². The Kier molecular flexibility index (Phi) is 3.85. The maximum Gasteiger partial charge on any atom is 0.0946 e. The number of hydrogen-bond acceptors (Lipinski definition) is 2. The Labute approximate surface area is 127 Å². The van der Waals surface area contributed by atoms with Gasteiger partial charge in [0.1, 0.15) is 0 Å². The van der Waals surface area contributed by atoms with Gasteiger partial charge in [0.25, 0.3) is 0 Å². The van der Waals surface area contributed by atoms with Crippen molar-refractivity contribution in [3.05, 3.63) is 54.1 Å². The lowest BCUT2D eigenvalue weighted by atomic mass is 9.71. The largest absolute Gasteiger partial charge is 0.336 e. The van der Waals surface area contributed by atoms with Crippen molar-refractivity contribution in [3.63, 3.8) is 0 Å². The van der Waals surface area contributed by atoms with E-state index in [1.54, 1.807) is 0 Å². The summed E-state index contributed by atoms with van der Waals surface area (Å²) in [4.78, 5) is 4.11. The van der Waals surface area contributed by atoms with Crippen LogP contribution in [0, 0.1) is 0 Å². The fraction of sp³-hybridized carbons (Fsp3) is 0.500. The van der Waals surface area contributed by atoms with Gasteiger partial charge in [0.05, 0.1) is 6.33 Å². The predicted octanol–water partition coefficient (Wildman–Crippen LogP) is 3.67. The number of benzene rings is 1. The van der Waals surface area contributed by atoms with Gasteiger partial charge in [0, 0.05) is 31.0 Å². The highest BCUT2D eigenvalue weighted by Crippen LogP contribution is 2.41. The predicted molar refractivity (Wildman–Crippen MR) is 86.3 cm³/mol. The van der Waals surface area contributed by atoms with Crippen LogP contribution in [0.25, 0.3) is 0 Å². The van der Waals surface area contributed by atoms with E-state index in [9.17, 15) is 0 Å². The first-order chi connectivity index (χ1) is 10.1. The smallest absolute Gasteiger partial charge is 0.0946 e. The molecule has 2 atom stereocenters. The molecular formula is C18H25N3. The first-order valence-electron chi connectivity index (χ1n) is 7.87. The summed E-state index contributed by atoms with van der Waals surface area (Å²) in [5, 5.41) is 3.80. The van der Waals surface area contributed by atoms with Crippen LogP contribution in [0.15, 0.2) is 43.0 Å². The van der Waals surface area contributed by atoms with Crippen molar-refractivity contribution in [1.82, 2.24) is 14.9 Å². The standard InChI is InChI=1S/C18H25N3/c1-14(12-21-11-10-19-13-21)20-17-8-9-18(2,3)16-7-5-4-6-15(16)17/h4-7,10-11,13-14,17,20H,8-9,12H2,1-3H3. The Morgan fingerprint density at radius 3 is 2.95 bits per heavy atom. The molecule has 0 saturated carbocycles. The summed E-state index contributed by atoms with van der Waals surface area (Å²) in [6, 6.07) is 9.81. The highest BCUT2D eigenvalue weighted by Gasteiger charge is 2.32. The van der Waals surface area contributed by atoms with Crippen molar-refractivity contribution in [2.75, 3.05) is 0 Å². The van der Waals surface area contributed by atoms with Crippen LogP contribution in [0.5, 0.6) is 0 Å². The molecule has 1 aromatic heterocycles. The van der Waals surface area contributed by atoms with Crippen LogP contribution in [-0.4, -0.2) is 15.6 Å². The summed E-state index contributed by atoms with van der Waals surface area (Å²) in [6.07, 6.45) is 8.19. The summed E-state index contributed by atoms with van der Waals surface area (Å²) in [6.45, 7) is 7.93. The molecule has 0 spiro atoms. The second-order valence-electron chi connectivity index (χ2n) is 6.89. The second-order valence-corrected chi connectivity index (χ2v) is 6.89. The summed E-state index contributed by atoms with van der Waals surface area (Å²) >= 11 is 0. The summed E-state index contributed by atoms with van der Waals surface area (Å²) in [5.74, 6) is 0. The minimum Gasteiger partial charge on any atom is -0.336 e. The average Bonchev–Trinajstić information content (AvgIpc) is 2.95. The van der Waals surface area contributed by atoms with Gasteiger partial charge >= 0.3 is 0 Å². The van der Waals surface area contributed by atoms with Gasteiger partial charge in [-0.3, -0.25) is 0 Å². The van der Waals surface area contributed by atoms with E-state index in [0.717, 1.165) is 6.54 Å². The Bertz CT molecular complexity index is 586. The zero-order chi connectivity index (χ0) is 14.9. The second kappa shape index (κ2) is 5.64. The molecule has 3 rings (SSSR count). The highest BCUT2D eigenvalue weighted by atomic mass is 15.1. The minimum atomic E-state index is 0.294. The number of rotatable bonds is 4. The maximum atomic E-state index is 4.11. The third-order valence-electron chi connectivity index (χ3n) is 4.65. The lowest BCUT2D eigenvalue weighted by Gasteiger charge is -2.38. The number of imidazole rings is 1. The molecule has 112 valence electrons. The molecule has 1 aliphatic rings. The molecule has 0 aliphatic heterocycles. The normalized spacial score (nSPS) is 21.8. The number of nitrogens with zero attached hydrogens (tertiary/aromatic N) is 2. The monoisotopic (exact) mass is 283 g/mol. The molecule has 0 saturated heterocycles. The van der Waals surface area contributed by atoms with Crippen LogP contribution in [0.1, 0.15) is 50.8 Å². The topological polar surface area (TPSA) is 29.9 Å². The molecular weight excluding hydrogens is 258 g/mol. The van der Waals surface area contributed by atoms with Crippen molar-refractivity contribution in [2.45, 2.75) is 57.7 Å². The number of aromatic nitrogens is 2. The van der Waals surface area contributed by atoms with Crippen molar-refractivity contribution in [3.8, 4) is 0 Å². The van der Waals surface area contributed by atoms with Gasteiger partial charge in [-0.25, -0.2) is 4.98 Å². The van der Waals surface area contributed by atoms with Crippen molar-refractivity contribution < 1.29 is 0 Å². The number of fused-ring (bicyclic) bond motifs is 1. The van der Waals surface area contributed by atoms with Crippen LogP contribution >= 0.6 is 0 Å². The first kappa shape index (κ1) is 14.3. The van der Waals surface area contributed by atoms with Crippen LogP contribution in [-0.2, 0) is 12.0 Å². The quantitative estimate of drug-likeness (QED) is 0.927. The van der Waals surface area contributed by atoms with Gasteiger partial charge in [-0.05, 0) is 36.3 Å². The lowest BCUT2D eigenvalue weighted by molar-refractivity contribution is 0.326. The van der Waals surface area contributed by atoms with Crippen LogP contribution in [0.2, 0.25) is 0 Å². The van der Waals surface area contributed by atoms with E-state index in [1.807, 2.05) is 18.7 Å². The fourth-order valence-corrected chi connectivity index (χ4v) is 3.49. The van der Waals surface area contributed by atoms with Gasteiger partial charge in [0.15, 0.2) is 0 Å². The molecule has 1 heterocycles. The molecule has 21 heavy (non-hydrogen) atoms. The van der Waals surface area contributed by atoms with Crippen LogP contribution in [0.3, 0.4) is 0 Å². The molecule has 0 fully saturated rings. The highest BCUT2D eigenvalue weighted by molar-refractivity contribution is 5.38. The molecule has 1 aliphatic carbocycles. The van der Waals surface area contributed by atoms with Gasteiger partial charge in [0.2, 0.25) is 0 Å². The van der Waals surface area contributed by atoms with E-state index in [1.165, 1.54) is 24.0 Å². The van der Waals surface area contributed by atoms with E-state index >= 15 is 0 Å². The van der Waals surface area contributed by atoms with Gasteiger partial charge in [-0.1, -0.05) is 38.1 Å². The average molecular weight is 283 g/mol. The Morgan fingerprint density at radius 2 is 2.19 bits per heavy atom. The van der Waals surface area contributed by atoms with Crippen molar-refractivity contribution >= 4 is 0 Å². The van der Waals surface area contributed by atoms with Gasteiger partial charge < -0.3 is 9.88 Å². The SMILES string of the molecule is CC(Cn1ccnc1)NC1CCC(C)(C)c2ccccc21. The molecule has 3 nitrogen and oxygen atoms in total. The lowest BCUT2D eigenvalue weighted by Crippen LogP contribution is -2.38. The van der Waals surface area contributed by atoms with Crippen molar-refractivity contribution in [2.24, 2.45) is 0 Å².